The van der Waals surface area contributed by atoms with Crippen molar-refractivity contribution in [3.63, 3.8) is 0 Å². The monoisotopic (exact) mass is 344 g/mol. The number of rotatable bonds is 5. The molecule has 2 aromatic rings. The van der Waals surface area contributed by atoms with Crippen LogP contribution in [0.3, 0.4) is 0 Å². The van der Waals surface area contributed by atoms with Crippen molar-refractivity contribution in [3.05, 3.63) is 46.3 Å². The third-order valence-electron chi connectivity index (χ3n) is 2.85. The van der Waals surface area contributed by atoms with Gasteiger partial charge in [0.2, 0.25) is 0 Å². The van der Waals surface area contributed by atoms with Gasteiger partial charge in [-0.05, 0) is 46.1 Å². The van der Waals surface area contributed by atoms with Crippen LogP contribution in [0, 0.1) is 0 Å². The highest BCUT2D eigenvalue weighted by Crippen LogP contribution is 2.34. The average molecular weight is 346 g/mol. The summed E-state index contributed by atoms with van der Waals surface area (Å²) < 4.78 is 16.4. The average Bonchev–Trinajstić information content (AvgIpc) is 2.85. The summed E-state index contributed by atoms with van der Waals surface area (Å²) >= 11 is 9.73. The summed E-state index contributed by atoms with van der Waals surface area (Å²) in [4.78, 5) is 0. The van der Waals surface area contributed by atoms with E-state index in [1.54, 1.807) is 20.5 Å². The summed E-state index contributed by atoms with van der Waals surface area (Å²) in [7, 11) is 3.23. The van der Waals surface area contributed by atoms with Gasteiger partial charge in [0.1, 0.15) is 0 Å². The van der Waals surface area contributed by atoms with Crippen LogP contribution in [0.25, 0.3) is 0 Å². The summed E-state index contributed by atoms with van der Waals surface area (Å²) in [6, 6.07) is 7.65. The van der Waals surface area contributed by atoms with E-state index in [-0.39, 0.29) is 5.38 Å². The van der Waals surface area contributed by atoms with Crippen molar-refractivity contribution in [1.29, 1.82) is 0 Å². The maximum absolute atomic E-state index is 6.39. The Morgan fingerprint density at radius 2 is 1.95 bits per heavy atom. The van der Waals surface area contributed by atoms with Crippen molar-refractivity contribution >= 4 is 27.5 Å². The molecule has 0 fully saturated rings. The van der Waals surface area contributed by atoms with Gasteiger partial charge in [0.25, 0.3) is 0 Å². The number of halogens is 2. The number of hydrogen-bond donors (Lipinski definition) is 0. The first-order valence-electron chi connectivity index (χ1n) is 5.73. The van der Waals surface area contributed by atoms with Gasteiger partial charge in [-0.1, -0.05) is 6.07 Å². The summed E-state index contributed by atoms with van der Waals surface area (Å²) in [6.07, 6.45) is 2.30. The van der Waals surface area contributed by atoms with Crippen LogP contribution in [0.5, 0.6) is 11.5 Å². The fourth-order valence-corrected chi connectivity index (χ4v) is 2.85. The zero-order chi connectivity index (χ0) is 13.8. The molecule has 102 valence electrons. The van der Waals surface area contributed by atoms with E-state index in [0.717, 1.165) is 11.1 Å². The fourth-order valence-electron chi connectivity index (χ4n) is 1.85. The minimum atomic E-state index is -0.161. The van der Waals surface area contributed by atoms with Crippen LogP contribution in [0.2, 0.25) is 0 Å². The van der Waals surface area contributed by atoms with E-state index in [2.05, 4.69) is 15.9 Å². The van der Waals surface area contributed by atoms with Crippen molar-refractivity contribution in [2.75, 3.05) is 14.2 Å². The zero-order valence-corrected chi connectivity index (χ0v) is 13.0. The van der Waals surface area contributed by atoms with Gasteiger partial charge in [0.05, 0.1) is 25.9 Å². The highest BCUT2D eigenvalue weighted by Gasteiger charge is 2.15. The Hall–Kier alpha value is -1.13. The van der Waals surface area contributed by atoms with Crippen molar-refractivity contribution in [3.8, 4) is 11.5 Å². The topological polar surface area (TPSA) is 31.6 Å². The van der Waals surface area contributed by atoms with Crippen molar-refractivity contribution < 1.29 is 13.9 Å². The summed E-state index contributed by atoms with van der Waals surface area (Å²) in [5, 5.41) is -0.161. The van der Waals surface area contributed by atoms with Crippen LogP contribution >= 0.6 is 27.5 Å². The SMILES string of the molecule is COc1ccc(CC(Cl)c2ccoc2Br)cc1OC. The molecule has 19 heavy (non-hydrogen) atoms. The van der Waals surface area contributed by atoms with Gasteiger partial charge < -0.3 is 13.9 Å². The zero-order valence-electron chi connectivity index (χ0n) is 10.7. The van der Waals surface area contributed by atoms with Gasteiger partial charge in [0, 0.05) is 5.56 Å². The van der Waals surface area contributed by atoms with E-state index < -0.39 is 0 Å². The first-order valence-corrected chi connectivity index (χ1v) is 6.96. The first kappa shape index (κ1) is 14.3. The van der Waals surface area contributed by atoms with E-state index in [0.29, 0.717) is 22.6 Å². The lowest BCUT2D eigenvalue weighted by molar-refractivity contribution is 0.354. The van der Waals surface area contributed by atoms with Crippen molar-refractivity contribution in [2.45, 2.75) is 11.8 Å². The van der Waals surface area contributed by atoms with Gasteiger partial charge in [-0.25, -0.2) is 0 Å². The molecule has 1 aromatic heterocycles. The number of ether oxygens (including phenoxy) is 2. The van der Waals surface area contributed by atoms with Gasteiger partial charge in [-0.15, -0.1) is 11.6 Å². The highest BCUT2D eigenvalue weighted by molar-refractivity contribution is 9.10. The molecule has 1 heterocycles. The van der Waals surface area contributed by atoms with E-state index >= 15 is 0 Å². The molecule has 0 spiro atoms. The third-order valence-corrected chi connectivity index (χ3v) is 3.88. The maximum Gasteiger partial charge on any atom is 0.173 e. The standard InChI is InChI=1S/C14H14BrClO3/c1-17-12-4-3-9(8-13(12)18-2)7-11(16)10-5-6-19-14(10)15/h3-6,8,11H,7H2,1-2H3. The second-order valence-electron chi connectivity index (χ2n) is 4.01. The van der Waals surface area contributed by atoms with Crippen molar-refractivity contribution in [1.82, 2.24) is 0 Å². The Labute approximate surface area is 125 Å². The molecule has 2 rings (SSSR count). The highest BCUT2D eigenvalue weighted by atomic mass is 79.9. The second-order valence-corrected chi connectivity index (χ2v) is 5.26. The Balaban J connectivity index is 2.17. The van der Waals surface area contributed by atoms with E-state index in [1.807, 2.05) is 24.3 Å². The molecule has 0 radical (unpaired) electrons. The Bertz CT molecular complexity index is 553. The van der Waals surface area contributed by atoms with Gasteiger partial charge in [-0.2, -0.15) is 0 Å². The molecule has 0 saturated heterocycles. The molecule has 0 N–H and O–H groups in total. The molecule has 1 unspecified atom stereocenters. The van der Waals surface area contributed by atoms with Gasteiger partial charge in [-0.3, -0.25) is 0 Å². The van der Waals surface area contributed by atoms with Crippen LogP contribution < -0.4 is 9.47 Å². The molecule has 0 aliphatic heterocycles. The first-order chi connectivity index (χ1) is 9.15. The van der Waals surface area contributed by atoms with Crippen LogP contribution in [0.4, 0.5) is 0 Å². The van der Waals surface area contributed by atoms with Crippen LogP contribution in [0.1, 0.15) is 16.5 Å². The largest absolute Gasteiger partial charge is 0.493 e. The van der Waals surface area contributed by atoms with E-state index in [1.165, 1.54) is 0 Å². The molecular formula is C14H14BrClO3. The second kappa shape index (κ2) is 6.35. The Morgan fingerprint density at radius 1 is 1.21 bits per heavy atom. The predicted molar refractivity (Wildman–Crippen MR) is 78.3 cm³/mol. The Kier molecular flexibility index (Phi) is 4.77. The number of methoxy groups -OCH3 is 2. The fraction of sp³-hybridized carbons (Fsp3) is 0.286. The van der Waals surface area contributed by atoms with E-state index in [4.69, 9.17) is 25.5 Å². The molecule has 0 saturated carbocycles. The molecular weight excluding hydrogens is 332 g/mol. The summed E-state index contributed by atoms with van der Waals surface area (Å²) in [5.41, 5.74) is 2.02. The molecule has 0 bridgehead atoms. The molecule has 3 nitrogen and oxygen atoms in total. The predicted octanol–water partition coefficient (Wildman–Crippen LogP) is 4.58. The third kappa shape index (κ3) is 3.25. The molecule has 1 atom stereocenters. The Morgan fingerprint density at radius 3 is 2.53 bits per heavy atom. The molecule has 0 aliphatic carbocycles. The normalized spacial score (nSPS) is 12.2. The van der Waals surface area contributed by atoms with Crippen LogP contribution in [-0.2, 0) is 6.42 Å². The van der Waals surface area contributed by atoms with Gasteiger partial charge in [0.15, 0.2) is 16.2 Å². The molecule has 0 amide bonds. The number of furan rings is 1. The summed E-state index contributed by atoms with van der Waals surface area (Å²) in [6.45, 7) is 0. The minimum Gasteiger partial charge on any atom is -0.493 e. The minimum absolute atomic E-state index is 0.161. The lowest BCUT2D eigenvalue weighted by Gasteiger charge is -2.12. The van der Waals surface area contributed by atoms with E-state index in [9.17, 15) is 0 Å². The molecule has 0 aliphatic rings. The van der Waals surface area contributed by atoms with Gasteiger partial charge >= 0.3 is 0 Å². The van der Waals surface area contributed by atoms with Crippen LogP contribution in [0.15, 0.2) is 39.6 Å². The lowest BCUT2D eigenvalue weighted by atomic mass is 10.1. The quantitative estimate of drug-likeness (QED) is 0.743. The molecule has 5 heteroatoms. The smallest absolute Gasteiger partial charge is 0.173 e. The number of benzene rings is 1. The number of hydrogen-bond acceptors (Lipinski definition) is 3. The lowest BCUT2D eigenvalue weighted by Crippen LogP contribution is -1.97. The summed E-state index contributed by atoms with van der Waals surface area (Å²) in [5.74, 6) is 1.41. The van der Waals surface area contributed by atoms with Crippen molar-refractivity contribution in [2.24, 2.45) is 0 Å². The maximum atomic E-state index is 6.39. The molecule has 1 aromatic carbocycles. The van der Waals surface area contributed by atoms with Crippen LogP contribution in [-0.4, -0.2) is 14.2 Å². The number of alkyl halides is 1.